The average molecular weight is 334 g/mol. The summed E-state index contributed by atoms with van der Waals surface area (Å²) in [5, 5.41) is 23.3. The minimum atomic E-state index is -0.421. The van der Waals surface area contributed by atoms with Gasteiger partial charge in [-0.2, -0.15) is 5.26 Å². The number of benzene rings is 1. The second-order valence-corrected chi connectivity index (χ2v) is 6.09. The molecule has 1 aromatic carbocycles. The Kier molecular flexibility index (Phi) is 6.38. The average Bonchev–Trinajstić information content (AvgIpc) is 2.54. The highest BCUT2D eigenvalue weighted by Crippen LogP contribution is 2.24. The van der Waals surface area contributed by atoms with Crippen molar-refractivity contribution in [3.05, 3.63) is 29.6 Å². The van der Waals surface area contributed by atoms with Crippen LogP contribution >= 0.6 is 0 Å². The molecule has 1 aromatic rings. The lowest BCUT2D eigenvalue weighted by Crippen LogP contribution is -2.52. The molecule has 2 atom stereocenters. The number of carbonyl (C=O) groups excluding carboxylic acids is 1. The molecule has 3 N–H and O–H groups in total. The summed E-state index contributed by atoms with van der Waals surface area (Å²) in [7, 11) is 0. The third kappa shape index (κ3) is 4.83. The molecule has 24 heavy (non-hydrogen) atoms. The van der Waals surface area contributed by atoms with Gasteiger partial charge in [-0.3, -0.25) is 0 Å². The van der Waals surface area contributed by atoms with Gasteiger partial charge in [-0.05, 0) is 44.4 Å². The smallest absolute Gasteiger partial charge is 0.315 e. The second kappa shape index (κ2) is 8.50. The molecule has 2 rings (SSSR count). The lowest BCUT2D eigenvalue weighted by atomic mass is 10.0. The maximum atomic E-state index is 14.2. The fraction of sp³-hybridized carbons (Fsp3) is 0.529. The molecule has 6 nitrogen and oxygen atoms in total. The largest absolute Gasteiger partial charge is 0.396 e. The number of carbonyl (C=O) groups is 1. The summed E-state index contributed by atoms with van der Waals surface area (Å²) in [6, 6.07) is 5.90. The van der Waals surface area contributed by atoms with Gasteiger partial charge in [-0.15, -0.1) is 0 Å². The van der Waals surface area contributed by atoms with Crippen LogP contribution in [0.1, 0.15) is 31.7 Å². The Bertz CT molecular complexity index is 617. The molecule has 7 heteroatoms. The lowest BCUT2D eigenvalue weighted by molar-refractivity contribution is 0.226. The Morgan fingerprint density at radius 1 is 1.58 bits per heavy atom. The third-order valence-electron chi connectivity index (χ3n) is 4.11. The van der Waals surface area contributed by atoms with E-state index in [1.807, 2.05) is 17.9 Å². The van der Waals surface area contributed by atoms with Crippen LogP contribution in [-0.4, -0.2) is 42.9 Å². The van der Waals surface area contributed by atoms with Gasteiger partial charge in [-0.25, -0.2) is 9.18 Å². The number of aliphatic hydroxyl groups is 1. The summed E-state index contributed by atoms with van der Waals surface area (Å²) >= 11 is 0. The molecule has 130 valence electrons. The zero-order valence-electron chi connectivity index (χ0n) is 13.8. The quantitative estimate of drug-likeness (QED) is 0.765. The molecule has 2 amide bonds. The molecule has 1 unspecified atom stereocenters. The van der Waals surface area contributed by atoms with Gasteiger partial charge in [0, 0.05) is 31.8 Å². The van der Waals surface area contributed by atoms with Gasteiger partial charge in [0.1, 0.15) is 5.82 Å². The van der Waals surface area contributed by atoms with Crippen molar-refractivity contribution in [1.82, 2.24) is 10.6 Å². The minimum absolute atomic E-state index is 0.0244. The summed E-state index contributed by atoms with van der Waals surface area (Å²) in [5.74, 6) is -0.421. The Labute approximate surface area is 141 Å². The summed E-state index contributed by atoms with van der Waals surface area (Å²) in [6.45, 7) is 3.08. The summed E-state index contributed by atoms with van der Waals surface area (Å²) in [5.41, 5.74) is 0.745. The van der Waals surface area contributed by atoms with Crippen molar-refractivity contribution in [3.63, 3.8) is 0 Å². The molecule has 0 radical (unpaired) electrons. The number of nitrogens with zero attached hydrogens (tertiary/aromatic N) is 2. The number of amides is 2. The van der Waals surface area contributed by atoms with E-state index in [0.717, 1.165) is 12.8 Å². The molecular formula is C17H23FN4O2. The van der Waals surface area contributed by atoms with E-state index in [1.54, 1.807) is 12.1 Å². The highest BCUT2D eigenvalue weighted by atomic mass is 19.1. The molecule has 0 aromatic heterocycles. The van der Waals surface area contributed by atoms with Gasteiger partial charge < -0.3 is 20.6 Å². The van der Waals surface area contributed by atoms with E-state index in [1.165, 1.54) is 6.07 Å². The van der Waals surface area contributed by atoms with Crippen molar-refractivity contribution >= 4 is 11.7 Å². The van der Waals surface area contributed by atoms with Crippen LogP contribution in [0.2, 0.25) is 0 Å². The molecule has 1 aliphatic rings. The number of hydrogen-bond acceptors (Lipinski definition) is 4. The number of nitriles is 1. The monoisotopic (exact) mass is 334 g/mol. The van der Waals surface area contributed by atoms with E-state index in [-0.39, 0.29) is 24.7 Å². The molecule has 1 aliphatic heterocycles. The number of piperidine rings is 1. The fourth-order valence-corrected chi connectivity index (χ4v) is 2.86. The first-order valence-corrected chi connectivity index (χ1v) is 8.16. The summed E-state index contributed by atoms with van der Waals surface area (Å²) in [6.07, 6.45) is 2.17. The van der Waals surface area contributed by atoms with Crippen LogP contribution in [0.4, 0.5) is 14.9 Å². The van der Waals surface area contributed by atoms with Crippen LogP contribution in [0.3, 0.4) is 0 Å². The van der Waals surface area contributed by atoms with Gasteiger partial charge in [-0.1, -0.05) is 0 Å². The summed E-state index contributed by atoms with van der Waals surface area (Å²) in [4.78, 5) is 13.8. The SMILES string of the molecule is C[C@H](CCO)NC(=O)NC1CCCN(c2ccc(C#N)cc2F)C1. The Hall–Kier alpha value is -2.33. The lowest BCUT2D eigenvalue weighted by Gasteiger charge is -2.35. The predicted molar refractivity (Wildman–Crippen MR) is 89.2 cm³/mol. The van der Waals surface area contributed by atoms with E-state index in [4.69, 9.17) is 10.4 Å². The zero-order chi connectivity index (χ0) is 17.5. The summed E-state index contributed by atoms with van der Waals surface area (Å²) < 4.78 is 14.2. The number of urea groups is 1. The zero-order valence-corrected chi connectivity index (χ0v) is 13.8. The third-order valence-corrected chi connectivity index (χ3v) is 4.11. The predicted octanol–water partition coefficient (Wildman–Crippen LogP) is 1.74. The van der Waals surface area contributed by atoms with E-state index in [9.17, 15) is 9.18 Å². The van der Waals surface area contributed by atoms with Crippen molar-refractivity contribution in [2.75, 3.05) is 24.6 Å². The van der Waals surface area contributed by atoms with Crippen LogP contribution in [0.15, 0.2) is 18.2 Å². The molecule has 1 heterocycles. The molecule has 1 saturated heterocycles. The van der Waals surface area contributed by atoms with Crippen molar-refractivity contribution < 1.29 is 14.3 Å². The highest BCUT2D eigenvalue weighted by molar-refractivity contribution is 5.74. The maximum absolute atomic E-state index is 14.2. The minimum Gasteiger partial charge on any atom is -0.396 e. The Balaban J connectivity index is 1.94. The van der Waals surface area contributed by atoms with Crippen LogP contribution in [0.25, 0.3) is 0 Å². The number of anilines is 1. The first kappa shape index (κ1) is 18.0. The van der Waals surface area contributed by atoms with Crippen molar-refractivity contribution in [1.29, 1.82) is 5.26 Å². The first-order valence-electron chi connectivity index (χ1n) is 8.16. The molecular weight excluding hydrogens is 311 g/mol. The number of halogens is 1. The van der Waals surface area contributed by atoms with Crippen LogP contribution in [0, 0.1) is 17.1 Å². The number of nitrogens with one attached hydrogen (secondary N) is 2. The van der Waals surface area contributed by atoms with Gasteiger partial charge in [0.05, 0.1) is 17.3 Å². The molecule has 0 spiro atoms. The van der Waals surface area contributed by atoms with Crippen LogP contribution in [-0.2, 0) is 0 Å². The van der Waals surface area contributed by atoms with Crippen molar-refractivity contribution in [2.45, 2.75) is 38.3 Å². The van der Waals surface area contributed by atoms with Crippen LogP contribution < -0.4 is 15.5 Å². The highest BCUT2D eigenvalue weighted by Gasteiger charge is 2.23. The van der Waals surface area contributed by atoms with Gasteiger partial charge >= 0.3 is 6.03 Å². The molecule has 0 saturated carbocycles. The van der Waals surface area contributed by atoms with Gasteiger partial charge in [0.15, 0.2) is 0 Å². The topological polar surface area (TPSA) is 88.4 Å². The second-order valence-electron chi connectivity index (χ2n) is 6.09. The maximum Gasteiger partial charge on any atom is 0.315 e. The molecule has 1 fully saturated rings. The van der Waals surface area contributed by atoms with E-state index in [0.29, 0.717) is 30.8 Å². The van der Waals surface area contributed by atoms with Crippen LogP contribution in [0.5, 0.6) is 0 Å². The number of rotatable bonds is 5. The first-order chi connectivity index (χ1) is 11.5. The van der Waals surface area contributed by atoms with Gasteiger partial charge in [0.2, 0.25) is 0 Å². The number of hydrogen-bond donors (Lipinski definition) is 3. The normalized spacial score (nSPS) is 18.6. The molecule has 0 bridgehead atoms. The standard InChI is InChI=1S/C17H23FN4O2/c1-12(6-8-23)20-17(24)21-14-3-2-7-22(11-14)16-5-4-13(10-19)9-15(16)18/h4-5,9,12,14,23H,2-3,6-8,11H2,1H3,(H2,20,21,24)/t12-,14?/m1/s1. The Morgan fingerprint density at radius 2 is 2.38 bits per heavy atom. The Morgan fingerprint density at radius 3 is 3.04 bits per heavy atom. The van der Waals surface area contributed by atoms with Crippen molar-refractivity contribution in [2.24, 2.45) is 0 Å². The number of aliphatic hydroxyl groups excluding tert-OH is 1. The molecule has 0 aliphatic carbocycles. The fourth-order valence-electron chi connectivity index (χ4n) is 2.86. The van der Waals surface area contributed by atoms with E-state index < -0.39 is 5.82 Å². The van der Waals surface area contributed by atoms with E-state index >= 15 is 0 Å². The van der Waals surface area contributed by atoms with E-state index in [2.05, 4.69) is 10.6 Å². The van der Waals surface area contributed by atoms with Gasteiger partial charge in [0.25, 0.3) is 0 Å². The van der Waals surface area contributed by atoms with Crippen molar-refractivity contribution in [3.8, 4) is 6.07 Å².